The molecular weight excluding hydrogens is 389 g/mol. The minimum absolute atomic E-state index is 0.0309. The second-order valence-corrected chi connectivity index (χ2v) is 8.76. The first kappa shape index (κ1) is 21.8. The van der Waals surface area contributed by atoms with Crippen LogP contribution in [0.2, 0.25) is 0 Å². The monoisotopic (exact) mass is 417 g/mol. The second kappa shape index (κ2) is 7.74. The van der Waals surface area contributed by atoms with Crippen LogP contribution in [0.5, 0.6) is 0 Å². The number of aromatic nitrogens is 2. The number of fused-ring (bicyclic) bond motifs is 1. The van der Waals surface area contributed by atoms with E-state index in [4.69, 9.17) is 4.74 Å². The number of nitrogens with zero attached hydrogens (tertiary/aromatic N) is 3. The van der Waals surface area contributed by atoms with Gasteiger partial charge in [0.25, 0.3) is 0 Å². The predicted octanol–water partition coefficient (Wildman–Crippen LogP) is 4.71. The van der Waals surface area contributed by atoms with Crippen molar-refractivity contribution in [3.8, 4) is 11.3 Å². The summed E-state index contributed by atoms with van der Waals surface area (Å²) in [5.41, 5.74) is 1.49. The number of carboxylic acid groups (broad SMARTS) is 1. The van der Waals surface area contributed by atoms with Crippen LogP contribution in [0.1, 0.15) is 67.3 Å². The maximum Gasteiger partial charge on any atom is 0.410 e. The van der Waals surface area contributed by atoms with Crippen molar-refractivity contribution in [2.75, 3.05) is 6.54 Å². The third-order valence-electron chi connectivity index (χ3n) is 5.18. The fourth-order valence-electron chi connectivity index (χ4n) is 3.87. The van der Waals surface area contributed by atoms with Crippen LogP contribution in [-0.4, -0.2) is 44.0 Å². The Kier molecular flexibility index (Phi) is 5.62. The predicted molar refractivity (Wildman–Crippen MR) is 110 cm³/mol. The molecule has 0 fully saturated rings. The van der Waals surface area contributed by atoms with Crippen molar-refractivity contribution in [1.29, 1.82) is 0 Å². The van der Waals surface area contributed by atoms with Gasteiger partial charge >= 0.3 is 12.1 Å². The molecule has 1 aromatic carbocycles. The molecule has 0 spiro atoms. The molecule has 3 rings (SSSR count). The second-order valence-electron chi connectivity index (χ2n) is 8.76. The average Bonchev–Trinajstić information content (AvgIpc) is 2.93. The Morgan fingerprint density at radius 1 is 1.20 bits per heavy atom. The van der Waals surface area contributed by atoms with E-state index in [1.807, 2.05) is 0 Å². The lowest BCUT2D eigenvalue weighted by molar-refractivity contribution is 0.0175. The van der Waals surface area contributed by atoms with Crippen LogP contribution in [0.3, 0.4) is 0 Å². The largest absolute Gasteiger partial charge is 0.478 e. The molecule has 162 valence electrons. The highest BCUT2D eigenvalue weighted by Gasteiger charge is 2.36. The maximum atomic E-state index is 14.1. The van der Waals surface area contributed by atoms with Gasteiger partial charge in [-0.15, -0.1) is 0 Å². The molecular formula is C22H28FN3O4. The van der Waals surface area contributed by atoms with E-state index in [0.717, 1.165) is 0 Å². The molecule has 8 heteroatoms. The highest BCUT2D eigenvalue weighted by atomic mass is 19.1. The zero-order chi connectivity index (χ0) is 22.4. The summed E-state index contributed by atoms with van der Waals surface area (Å²) in [6, 6.07) is 2.66. The smallest absolute Gasteiger partial charge is 0.410 e. The van der Waals surface area contributed by atoms with Crippen LogP contribution in [0.25, 0.3) is 11.3 Å². The lowest BCUT2D eigenvalue weighted by Crippen LogP contribution is -2.38. The molecule has 1 aliphatic rings. The van der Waals surface area contributed by atoms with Crippen LogP contribution in [0, 0.1) is 19.7 Å². The zero-order valence-corrected chi connectivity index (χ0v) is 18.2. The number of carbonyl (C=O) groups excluding carboxylic acids is 1. The van der Waals surface area contributed by atoms with Crippen molar-refractivity contribution in [3.63, 3.8) is 0 Å². The highest BCUT2D eigenvalue weighted by molar-refractivity contribution is 5.96. The summed E-state index contributed by atoms with van der Waals surface area (Å²) in [4.78, 5) is 26.6. The highest BCUT2D eigenvalue weighted by Crippen LogP contribution is 2.35. The van der Waals surface area contributed by atoms with Crippen molar-refractivity contribution in [2.45, 2.75) is 66.2 Å². The summed E-state index contributed by atoms with van der Waals surface area (Å²) in [7, 11) is 0. The molecule has 1 aromatic heterocycles. The van der Waals surface area contributed by atoms with Crippen molar-refractivity contribution in [3.05, 3.63) is 40.3 Å². The van der Waals surface area contributed by atoms with Gasteiger partial charge in [0, 0.05) is 18.7 Å². The Morgan fingerprint density at radius 2 is 1.80 bits per heavy atom. The van der Waals surface area contributed by atoms with E-state index in [-0.39, 0.29) is 17.1 Å². The number of carbonyl (C=O) groups is 2. The van der Waals surface area contributed by atoms with Crippen LogP contribution in [0.4, 0.5) is 9.18 Å². The van der Waals surface area contributed by atoms with Crippen molar-refractivity contribution < 1.29 is 23.8 Å². The molecule has 0 radical (unpaired) electrons. The van der Waals surface area contributed by atoms with Gasteiger partial charge in [-0.2, -0.15) is 5.10 Å². The van der Waals surface area contributed by atoms with Gasteiger partial charge < -0.3 is 9.84 Å². The summed E-state index contributed by atoms with van der Waals surface area (Å²) in [5, 5.41) is 14.6. The number of hydrogen-bond donors (Lipinski definition) is 1. The molecule has 0 bridgehead atoms. The van der Waals surface area contributed by atoms with E-state index in [1.165, 1.54) is 0 Å². The standard InChI is InChI=1S/C22H28FN3O4/c1-12-10-15(11-13(2)17(12)23)18-16(20(27)28)19-14(3)25(8-7-9-26(19)24-18)21(29)30-22(4,5)6/h10-11,14H,7-9H2,1-6H3,(H,27,28). The molecule has 1 aliphatic heterocycles. The van der Waals surface area contributed by atoms with E-state index in [2.05, 4.69) is 5.10 Å². The normalized spacial score (nSPS) is 16.8. The number of rotatable bonds is 2. The first-order valence-electron chi connectivity index (χ1n) is 10.0. The molecule has 2 heterocycles. The number of benzene rings is 1. The third-order valence-corrected chi connectivity index (χ3v) is 5.18. The van der Waals surface area contributed by atoms with Gasteiger partial charge in [-0.3, -0.25) is 9.58 Å². The van der Waals surface area contributed by atoms with Gasteiger partial charge in [0.15, 0.2) is 0 Å². The molecule has 1 N–H and O–H groups in total. The summed E-state index contributed by atoms with van der Waals surface area (Å²) in [5.74, 6) is -1.45. The first-order valence-corrected chi connectivity index (χ1v) is 10.0. The van der Waals surface area contributed by atoms with Gasteiger partial charge in [0.2, 0.25) is 0 Å². The minimum atomic E-state index is -1.14. The Hall–Kier alpha value is -2.90. The topological polar surface area (TPSA) is 84.7 Å². The van der Waals surface area contributed by atoms with Crippen LogP contribution in [-0.2, 0) is 11.3 Å². The van der Waals surface area contributed by atoms with E-state index >= 15 is 0 Å². The number of carboxylic acids is 1. The van der Waals surface area contributed by atoms with Gasteiger partial charge in [-0.25, -0.2) is 14.0 Å². The number of halogens is 1. The van der Waals surface area contributed by atoms with Gasteiger partial charge in [-0.1, -0.05) is 0 Å². The number of aryl methyl sites for hydroxylation is 3. The number of hydrogen-bond acceptors (Lipinski definition) is 4. The molecule has 1 unspecified atom stereocenters. The fourth-order valence-corrected chi connectivity index (χ4v) is 3.87. The number of amides is 1. The Bertz CT molecular complexity index is 984. The SMILES string of the molecule is Cc1cc(-c2nn3c(c2C(=O)O)C(C)N(C(=O)OC(C)(C)C)CCC3)cc(C)c1F. The van der Waals surface area contributed by atoms with E-state index < -0.39 is 23.7 Å². The van der Waals surface area contributed by atoms with Gasteiger partial charge in [-0.05, 0) is 71.2 Å². The van der Waals surface area contributed by atoms with Crippen LogP contribution >= 0.6 is 0 Å². The molecule has 1 amide bonds. The van der Waals surface area contributed by atoms with Crippen molar-refractivity contribution in [2.24, 2.45) is 0 Å². The molecule has 7 nitrogen and oxygen atoms in total. The summed E-state index contributed by atoms with van der Waals surface area (Å²) in [6.07, 6.45) is 0.120. The lowest BCUT2D eigenvalue weighted by Gasteiger charge is -2.30. The maximum absolute atomic E-state index is 14.1. The number of ether oxygens (including phenoxy) is 1. The van der Waals surface area contributed by atoms with Crippen molar-refractivity contribution in [1.82, 2.24) is 14.7 Å². The molecule has 0 saturated heterocycles. The Morgan fingerprint density at radius 3 is 2.33 bits per heavy atom. The zero-order valence-electron chi connectivity index (χ0n) is 18.2. The molecule has 2 aromatic rings. The first-order chi connectivity index (χ1) is 13.9. The summed E-state index contributed by atoms with van der Waals surface area (Å²) in [6.45, 7) is 11.3. The average molecular weight is 417 g/mol. The quantitative estimate of drug-likeness (QED) is 0.765. The molecule has 30 heavy (non-hydrogen) atoms. The van der Waals surface area contributed by atoms with Crippen LogP contribution in [0.15, 0.2) is 12.1 Å². The summed E-state index contributed by atoms with van der Waals surface area (Å²) < 4.78 is 21.3. The van der Waals surface area contributed by atoms with Gasteiger partial charge in [0.05, 0.1) is 11.7 Å². The minimum Gasteiger partial charge on any atom is -0.478 e. The molecule has 0 aliphatic carbocycles. The van der Waals surface area contributed by atoms with Crippen molar-refractivity contribution >= 4 is 12.1 Å². The fraction of sp³-hybridized carbons (Fsp3) is 0.500. The molecule has 0 saturated carbocycles. The third kappa shape index (κ3) is 4.04. The van der Waals surface area contributed by atoms with E-state index in [1.54, 1.807) is 63.3 Å². The Balaban J connectivity index is 2.13. The van der Waals surface area contributed by atoms with E-state index in [9.17, 15) is 19.1 Å². The Labute approximate surface area is 175 Å². The molecule has 1 atom stereocenters. The lowest BCUT2D eigenvalue weighted by atomic mass is 9.99. The van der Waals surface area contributed by atoms with E-state index in [0.29, 0.717) is 41.9 Å². The summed E-state index contributed by atoms with van der Waals surface area (Å²) >= 11 is 0. The van der Waals surface area contributed by atoms with Crippen LogP contribution < -0.4 is 0 Å². The van der Waals surface area contributed by atoms with Gasteiger partial charge in [0.1, 0.15) is 22.7 Å². The number of aromatic carboxylic acids is 1.